The molecule has 0 aliphatic heterocycles. The van der Waals surface area contributed by atoms with Gasteiger partial charge in [-0.1, -0.05) is 0 Å². The molecule has 7 nitrogen and oxygen atoms in total. The number of nitrogens with zero attached hydrogens (tertiary/aromatic N) is 3. The van der Waals surface area contributed by atoms with Gasteiger partial charge >= 0.3 is 0 Å². The SMILES string of the molecule is COCCN(CCCN(C)C)S(=O)(=O)c1c(C)n[nH]c1C. The van der Waals surface area contributed by atoms with Crippen molar-refractivity contribution < 1.29 is 13.2 Å². The van der Waals surface area contributed by atoms with Gasteiger partial charge in [-0.2, -0.15) is 9.40 Å². The zero-order valence-electron chi connectivity index (χ0n) is 13.5. The Morgan fingerprint density at radius 1 is 1.19 bits per heavy atom. The van der Waals surface area contributed by atoms with E-state index < -0.39 is 10.0 Å². The maximum Gasteiger partial charge on any atom is 0.246 e. The molecule has 0 radical (unpaired) electrons. The van der Waals surface area contributed by atoms with Crippen LogP contribution >= 0.6 is 0 Å². The summed E-state index contributed by atoms with van der Waals surface area (Å²) >= 11 is 0. The third kappa shape index (κ3) is 4.77. The van der Waals surface area contributed by atoms with Crippen molar-refractivity contribution in [3.8, 4) is 0 Å². The van der Waals surface area contributed by atoms with Crippen LogP contribution in [0.2, 0.25) is 0 Å². The van der Waals surface area contributed by atoms with Crippen molar-refractivity contribution in [3.63, 3.8) is 0 Å². The van der Waals surface area contributed by atoms with E-state index in [1.165, 1.54) is 4.31 Å². The normalized spacial score (nSPS) is 12.5. The van der Waals surface area contributed by atoms with Crippen LogP contribution in [0.4, 0.5) is 0 Å². The molecular formula is C13H26N4O3S. The first-order chi connectivity index (χ1) is 9.80. The van der Waals surface area contributed by atoms with E-state index in [9.17, 15) is 8.42 Å². The number of hydrogen-bond acceptors (Lipinski definition) is 5. The minimum atomic E-state index is -3.55. The average molecular weight is 318 g/mol. The molecule has 122 valence electrons. The molecule has 21 heavy (non-hydrogen) atoms. The fraction of sp³-hybridized carbons (Fsp3) is 0.769. The second-order valence-corrected chi connectivity index (χ2v) is 7.19. The molecule has 0 aliphatic rings. The number of aromatic amines is 1. The fourth-order valence-electron chi connectivity index (χ4n) is 2.16. The lowest BCUT2D eigenvalue weighted by atomic mass is 10.4. The van der Waals surface area contributed by atoms with Gasteiger partial charge < -0.3 is 9.64 Å². The van der Waals surface area contributed by atoms with Crippen molar-refractivity contribution in [2.24, 2.45) is 0 Å². The lowest BCUT2D eigenvalue weighted by molar-refractivity contribution is 0.177. The van der Waals surface area contributed by atoms with Crippen LogP contribution in [0.1, 0.15) is 17.8 Å². The second kappa shape index (κ2) is 7.88. The van der Waals surface area contributed by atoms with Crippen molar-refractivity contribution in [3.05, 3.63) is 11.4 Å². The van der Waals surface area contributed by atoms with Crippen LogP contribution in [0, 0.1) is 13.8 Å². The number of sulfonamides is 1. The summed E-state index contributed by atoms with van der Waals surface area (Å²) in [6.45, 7) is 5.44. The molecular weight excluding hydrogens is 292 g/mol. The van der Waals surface area contributed by atoms with Gasteiger partial charge in [-0.3, -0.25) is 5.10 Å². The first-order valence-corrected chi connectivity index (χ1v) is 8.40. The Morgan fingerprint density at radius 3 is 2.33 bits per heavy atom. The molecule has 0 spiro atoms. The zero-order valence-corrected chi connectivity index (χ0v) is 14.3. The standard InChI is InChI=1S/C13H26N4O3S/c1-11-13(12(2)15-14-11)21(18,19)17(9-10-20-5)8-6-7-16(3)4/h6-10H2,1-5H3,(H,14,15). The van der Waals surface area contributed by atoms with Gasteiger partial charge in [0.15, 0.2) is 0 Å². The second-order valence-electron chi connectivity index (χ2n) is 5.32. The van der Waals surface area contributed by atoms with Crippen LogP contribution in [0.3, 0.4) is 0 Å². The number of ether oxygens (including phenoxy) is 1. The van der Waals surface area contributed by atoms with E-state index in [1.54, 1.807) is 21.0 Å². The third-order valence-corrected chi connectivity index (χ3v) is 5.38. The fourth-order valence-corrected chi connectivity index (χ4v) is 3.95. The van der Waals surface area contributed by atoms with E-state index in [-0.39, 0.29) is 4.90 Å². The first kappa shape index (κ1) is 18.1. The molecule has 1 aromatic rings. The summed E-state index contributed by atoms with van der Waals surface area (Å²) in [6.07, 6.45) is 0.770. The highest BCUT2D eigenvalue weighted by Gasteiger charge is 2.29. The van der Waals surface area contributed by atoms with Crippen molar-refractivity contribution >= 4 is 10.0 Å². The van der Waals surface area contributed by atoms with Crippen molar-refractivity contribution in [1.82, 2.24) is 19.4 Å². The number of nitrogens with one attached hydrogen (secondary N) is 1. The largest absolute Gasteiger partial charge is 0.383 e. The van der Waals surface area contributed by atoms with Gasteiger partial charge in [0.1, 0.15) is 4.90 Å². The summed E-state index contributed by atoms with van der Waals surface area (Å²) in [5, 5.41) is 6.72. The number of hydrogen-bond donors (Lipinski definition) is 1. The minimum absolute atomic E-state index is 0.281. The van der Waals surface area contributed by atoms with Crippen LogP contribution in [0.5, 0.6) is 0 Å². The van der Waals surface area contributed by atoms with Gasteiger partial charge in [0.05, 0.1) is 18.0 Å². The molecule has 0 unspecified atom stereocenters. The van der Waals surface area contributed by atoms with Gasteiger partial charge in [0.25, 0.3) is 0 Å². The highest BCUT2D eigenvalue weighted by Crippen LogP contribution is 2.21. The predicted molar refractivity (Wildman–Crippen MR) is 81.9 cm³/mol. The Labute approximate surface area is 127 Å². The number of aryl methyl sites for hydroxylation is 2. The van der Waals surface area contributed by atoms with Gasteiger partial charge in [-0.25, -0.2) is 8.42 Å². The van der Waals surface area contributed by atoms with Crippen molar-refractivity contribution in [1.29, 1.82) is 0 Å². The summed E-state index contributed by atoms with van der Waals surface area (Å²) in [5.41, 5.74) is 1.07. The van der Waals surface area contributed by atoms with E-state index in [1.807, 2.05) is 19.0 Å². The van der Waals surface area contributed by atoms with E-state index in [4.69, 9.17) is 4.74 Å². The minimum Gasteiger partial charge on any atom is -0.383 e. The molecule has 0 fully saturated rings. The van der Waals surface area contributed by atoms with Crippen LogP contribution in [0.25, 0.3) is 0 Å². The molecule has 1 heterocycles. The van der Waals surface area contributed by atoms with Crippen LogP contribution in [-0.4, -0.2) is 75.3 Å². The Hall–Kier alpha value is -0.960. The van der Waals surface area contributed by atoms with Crippen molar-refractivity contribution in [2.75, 3.05) is 47.4 Å². The maximum atomic E-state index is 12.8. The topological polar surface area (TPSA) is 78.5 Å². The van der Waals surface area contributed by atoms with Gasteiger partial charge in [0.2, 0.25) is 10.0 Å². The zero-order chi connectivity index (χ0) is 16.0. The number of H-pyrrole nitrogens is 1. The monoisotopic (exact) mass is 318 g/mol. The molecule has 1 rings (SSSR count). The molecule has 0 saturated heterocycles. The summed E-state index contributed by atoms with van der Waals surface area (Å²) in [4.78, 5) is 2.32. The number of methoxy groups -OCH3 is 1. The first-order valence-electron chi connectivity index (χ1n) is 6.96. The van der Waals surface area contributed by atoms with Gasteiger partial charge in [0, 0.05) is 20.2 Å². The Balaban J connectivity index is 2.95. The molecule has 1 N–H and O–H groups in total. The molecule has 0 bridgehead atoms. The molecule has 1 aromatic heterocycles. The summed E-state index contributed by atoms with van der Waals surface area (Å²) in [6, 6.07) is 0. The van der Waals surface area contributed by atoms with E-state index in [2.05, 4.69) is 10.2 Å². The van der Waals surface area contributed by atoms with Gasteiger partial charge in [-0.15, -0.1) is 0 Å². The third-order valence-electron chi connectivity index (χ3n) is 3.22. The summed E-state index contributed by atoms with van der Waals surface area (Å²) in [7, 11) is 1.96. The smallest absolute Gasteiger partial charge is 0.246 e. The Morgan fingerprint density at radius 2 is 1.86 bits per heavy atom. The molecule has 8 heteroatoms. The van der Waals surface area contributed by atoms with E-state index in [0.717, 1.165) is 13.0 Å². The molecule has 0 aromatic carbocycles. The molecule has 0 atom stereocenters. The van der Waals surface area contributed by atoms with Crippen molar-refractivity contribution in [2.45, 2.75) is 25.2 Å². The highest BCUT2D eigenvalue weighted by molar-refractivity contribution is 7.89. The Bertz CT molecular complexity index is 520. The number of rotatable bonds is 9. The lowest BCUT2D eigenvalue weighted by Crippen LogP contribution is -2.36. The Kier molecular flexibility index (Phi) is 6.79. The number of aromatic nitrogens is 2. The molecule has 0 amide bonds. The summed E-state index contributed by atoms with van der Waals surface area (Å²) in [5.74, 6) is 0. The molecule has 0 saturated carbocycles. The highest BCUT2D eigenvalue weighted by atomic mass is 32.2. The van der Waals surface area contributed by atoms with Crippen LogP contribution < -0.4 is 0 Å². The van der Waals surface area contributed by atoms with E-state index in [0.29, 0.717) is 31.1 Å². The lowest BCUT2D eigenvalue weighted by Gasteiger charge is -2.22. The van der Waals surface area contributed by atoms with Gasteiger partial charge in [-0.05, 0) is 40.9 Å². The predicted octanol–water partition coefficient (Wildman–Crippen LogP) is 0.615. The quantitative estimate of drug-likeness (QED) is 0.722. The molecule has 0 aliphatic carbocycles. The van der Waals surface area contributed by atoms with Crippen LogP contribution in [-0.2, 0) is 14.8 Å². The summed E-state index contributed by atoms with van der Waals surface area (Å²) < 4.78 is 32.1. The van der Waals surface area contributed by atoms with E-state index >= 15 is 0 Å². The van der Waals surface area contributed by atoms with Crippen LogP contribution in [0.15, 0.2) is 4.90 Å². The average Bonchev–Trinajstić information content (AvgIpc) is 2.73. The maximum absolute atomic E-state index is 12.8.